The molecule has 3 rings (SSSR count). The predicted octanol–water partition coefficient (Wildman–Crippen LogP) is 4.53. The zero-order chi connectivity index (χ0) is 15.7. The predicted molar refractivity (Wildman–Crippen MR) is 77.6 cm³/mol. The summed E-state index contributed by atoms with van der Waals surface area (Å²) in [6, 6.07) is 5.11. The lowest BCUT2D eigenvalue weighted by Gasteiger charge is -2.08. The van der Waals surface area contributed by atoms with Crippen molar-refractivity contribution in [2.45, 2.75) is 6.18 Å². The number of benzene rings is 1. The van der Waals surface area contributed by atoms with E-state index in [-0.39, 0.29) is 5.89 Å². The highest BCUT2D eigenvalue weighted by molar-refractivity contribution is 7.19. The molecule has 0 saturated carbocycles. The molecule has 1 aromatic carbocycles. The molecule has 114 valence electrons. The van der Waals surface area contributed by atoms with Crippen molar-refractivity contribution in [3.63, 3.8) is 0 Å². The van der Waals surface area contributed by atoms with Gasteiger partial charge in [-0.15, -0.1) is 0 Å². The fourth-order valence-electron chi connectivity index (χ4n) is 1.94. The van der Waals surface area contributed by atoms with E-state index in [9.17, 15) is 13.2 Å². The molecule has 0 bridgehead atoms. The van der Waals surface area contributed by atoms with Gasteiger partial charge in [0.15, 0.2) is 5.13 Å². The Hall–Kier alpha value is -2.35. The fraction of sp³-hybridized carbons (Fsp3) is 0.143. The first-order chi connectivity index (χ1) is 10.5. The van der Waals surface area contributed by atoms with Crippen LogP contribution in [0.4, 0.5) is 18.3 Å². The van der Waals surface area contributed by atoms with E-state index in [1.807, 2.05) is 0 Å². The summed E-state index contributed by atoms with van der Waals surface area (Å²) in [5, 5.41) is 3.45. The normalized spacial score (nSPS) is 11.6. The Bertz CT molecular complexity index is 781. The van der Waals surface area contributed by atoms with E-state index in [4.69, 9.17) is 4.42 Å². The molecular weight excluding hydrogens is 315 g/mol. The average molecular weight is 325 g/mol. The van der Waals surface area contributed by atoms with Gasteiger partial charge in [-0.25, -0.2) is 9.97 Å². The Morgan fingerprint density at radius 1 is 1.27 bits per heavy atom. The highest BCUT2D eigenvalue weighted by Gasteiger charge is 2.31. The van der Waals surface area contributed by atoms with E-state index in [1.54, 1.807) is 13.1 Å². The number of nitrogens with zero attached hydrogens (tertiary/aromatic N) is 2. The van der Waals surface area contributed by atoms with Crippen LogP contribution in [0.5, 0.6) is 0 Å². The Kier molecular flexibility index (Phi) is 3.61. The van der Waals surface area contributed by atoms with Crippen molar-refractivity contribution in [2.75, 3.05) is 12.4 Å². The summed E-state index contributed by atoms with van der Waals surface area (Å²) in [5.74, 6) is 0.269. The highest BCUT2D eigenvalue weighted by atomic mass is 32.1. The third-order valence-corrected chi connectivity index (χ3v) is 4.05. The second-order valence-electron chi connectivity index (χ2n) is 4.36. The summed E-state index contributed by atoms with van der Waals surface area (Å²) in [6.45, 7) is 0. The molecule has 1 N–H and O–H groups in total. The van der Waals surface area contributed by atoms with Crippen LogP contribution >= 0.6 is 11.3 Å². The van der Waals surface area contributed by atoms with E-state index in [0.29, 0.717) is 21.3 Å². The molecule has 22 heavy (non-hydrogen) atoms. The quantitative estimate of drug-likeness (QED) is 0.769. The van der Waals surface area contributed by atoms with Crippen molar-refractivity contribution in [3.05, 3.63) is 42.3 Å². The minimum Gasteiger partial charge on any atom is -0.443 e. The minimum atomic E-state index is -4.39. The summed E-state index contributed by atoms with van der Waals surface area (Å²) in [7, 11) is 1.69. The maximum absolute atomic E-state index is 12.9. The van der Waals surface area contributed by atoms with Gasteiger partial charge in [-0.05, 0) is 17.7 Å². The molecule has 2 heterocycles. The molecule has 8 heteroatoms. The number of hydrogen-bond acceptors (Lipinski definition) is 5. The van der Waals surface area contributed by atoms with Crippen LogP contribution in [0.3, 0.4) is 0 Å². The number of hydrogen-bond donors (Lipinski definition) is 1. The Morgan fingerprint density at radius 2 is 2.09 bits per heavy atom. The molecule has 0 atom stereocenters. The van der Waals surface area contributed by atoms with Gasteiger partial charge in [0.25, 0.3) is 0 Å². The van der Waals surface area contributed by atoms with Crippen molar-refractivity contribution < 1.29 is 17.6 Å². The van der Waals surface area contributed by atoms with Crippen molar-refractivity contribution in [2.24, 2.45) is 0 Å². The first kappa shape index (κ1) is 14.6. The van der Waals surface area contributed by atoms with Crippen LogP contribution in [0, 0.1) is 0 Å². The lowest BCUT2D eigenvalue weighted by molar-refractivity contribution is -0.137. The third kappa shape index (κ3) is 2.69. The van der Waals surface area contributed by atoms with E-state index in [0.717, 1.165) is 12.1 Å². The highest BCUT2D eigenvalue weighted by Crippen LogP contribution is 2.40. The molecule has 0 aliphatic heterocycles. The van der Waals surface area contributed by atoms with Crippen LogP contribution in [0.25, 0.3) is 22.0 Å². The Morgan fingerprint density at radius 3 is 2.73 bits per heavy atom. The molecule has 3 aromatic rings. The zero-order valence-corrected chi connectivity index (χ0v) is 12.1. The van der Waals surface area contributed by atoms with E-state index in [1.165, 1.54) is 29.9 Å². The largest absolute Gasteiger partial charge is 0.443 e. The lowest BCUT2D eigenvalue weighted by Crippen LogP contribution is -2.04. The number of halogens is 3. The standard InChI is InChI=1S/C14H10F3N3OS/c1-18-13-20-10(12-19-5-6-21-12)11(22-13)8-3-2-4-9(7-8)14(15,16)17/h2-7H,1H3,(H,18,20). The Labute approximate surface area is 127 Å². The molecule has 0 amide bonds. The van der Waals surface area contributed by atoms with Crippen LogP contribution in [0.2, 0.25) is 0 Å². The average Bonchev–Trinajstić information content (AvgIpc) is 3.15. The molecule has 0 radical (unpaired) electrons. The van der Waals surface area contributed by atoms with Gasteiger partial charge in [0.2, 0.25) is 5.89 Å². The summed E-state index contributed by atoms with van der Waals surface area (Å²) >= 11 is 1.24. The molecular formula is C14H10F3N3OS. The van der Waals surface area contributed by atoms with Crippen LogP contribution in [-0.4, -0.2) is 17.0 Å². The zero-order valence-electron chi connectivity index (χ0n) is 11.3. The van der Waals surface area contributed by atoms with Gasteiger partial charge in [0, 0.05) is 7.05 Å². The van der Waals surface area contributed by atoms with Crippen LogP contribution in [0.1, 0.15) is 5.56 Å². The number of oxazole rings is 1. The SMILES string of the molecule is CNc1nc(-c2ncco2)c(-c2cccc(C(F)(F)F)c2)s1. The second kappa shape index (κ2) is 5.45. The van der Waals surface area contributed by atoms with Gasteiger partial charge in [-0.1, -0.05) is 23.5 Å². The van der Waals surface area contributed by atoms with Gasteiger partial charge < -0.3 is 9.73 Å². The fourth-order valence-corrected chi connectivity index (χ4v) is 2.85. The topological polar surface area (TPSA) is 51.0 Å². The number of rotatable bonds is 3. The number of nitrogens with one attached hydrogen (secondary N) is 1. The molecule has 0 saturated heterocycles. The summed E-state index contributed by atoms with van der Waals surface area (Å²) in [5.41, 5.74) is 0.128. The van der Waals surface area contributed by atoms with Gasteiger partial charge in [0.05, 0.1) is 16.6 Å². The molecule has 0 unspecified atom stereocenters. The molecule has 2 aromatic heterocycles. The molecule has 0 fully saturated rings. The summed E-state index contributed by atoms with van der Waals surface area (Å²) in [4.78, 5) is 8.90. The molecule has 0 aliphatic rings. The van der Waals surface area contributed by atoms with Crippen molar-refractivity contribution in [1.82, 2.24) is 9.97 Å². The number of anilines is 1. The number of aromatic nitrogens is 2. The summed E-state index contributed by atoms with van der Waals surface area (Å²) in [6.07, 6.45) is -1.54. The maximum Gasteiger partial charge on any atom is 0.416 e. The van der Waals surface area contributed by atoms with Gasteiger partial charge >= 0.3 is 6.18 Å². The van der Waals surface area contributed by atoms with Gasteiger partial charge in [-0.2, -0.15) is 13.2 Å². The first-order valence-corrected chi connectivity index (χ1v) is 7.07. The maximum atomic E-state index is 12.9. The van der Waals surface area contributed by atoms with Gasteiger partial charge in [-0.3, -0.25) is 0 Å². The Balaban J connectivity index is 2.14. The molecule has 0 spiro atoms. The van der Waals surface area contributed by atoms with E-state index < -0.39 is 11.7 Å². The van der Waals surface area contributed by atoms with Crippen molar-refractivity contribution in [3.8, 4) is 22.0 Å². The third-order valence-electron chi connectivity index (χ3n) is 2.93. The smallest absolute Gasteiger partial charge is 0.416 e. The number of alkyl halides is 3. The second-order valence-corrected chi connectivity index (χ2v) is 5.36. The monoisotopic (exact) mass is 325 g/mol. The van der Waals surface area contributed by atoms with Crippen LogP contribution < -0.4 is 5.32 Å². The number of thiazole rings is 1. The van der Waals surface area contributed by atoms with Crippen molar-refractivity contribution in [1.29, 1.82) is 0 Å². The van der Waals surface area contributed by atoms with Crippen LogP contribution in [-0.2, 0) is 6.18 Å². The molecule has 4 nitrogen and oxygen atoms in total. The summed E-state index contributed by atoms with van der Waals surface area (Å²) < 4.78 is 43.8. The van der Waals surface area contributed by atoms with Crippen molar-refractivity contribution >= 4 is 16.5 Å². The van der Waals surface area contributed by atoms with Gasteiger partial charge in [0.1, 0.15) is 12.0 Å². The van der Waals surface area contributed by atoms with E-state index >= 15 is 0 Å². The van der Waals surface area contributed by atoms with E-state index in [2.05, 4.69) is 15.3 Å². The molecule has 0 aliphatic carbocycles. The minimum absolute atomic E-state index is 0.269. The first-order valence-electron chi connectivity index (χ1n) is 6.25. The lowest BCUT2D eigenvalue weighted by atomic mass is 10.1. The van der Waals surface area contributed by atoms with Crippen LogP contribution in [0.15, 0.2) is 41.1 Å².